The lowest BCUT2D eigenvalue weighted by atomic mass is 10.1. The monoisotopic (exact) mass is 294 g/mol. The number of rotatable bonds is 3. The summed E-state index contributed by atoms with van der Waals surface area (Å²) in [4.78, 5) is 14.4. The summed E-state index contributed by atoms with van der Waals surface area (Å²) in [7, 11) is 1.95. The topological polar surface area (TPSA) is 41.6 Å². The van der Waals surface area contributed by atoms with E-state index in [0.717, 1.165) is 37.4 Å². The Bertz CT molecular complexity index is 521. The van der Waals surface area contributed by atoms with Gasteiger partial charge in [-0.15, -0.1) is 0 Å². The third-order valence-corrected chi connectivity index (χ3v) is 4.30. The number of carbonyl (C=O) groups excluding carboxylic acids is 1. The van der Waals surface area contributed by atoms with Crippen molar-refractivity contribution in [3.05, 3.63) is 28.8 Å². The van der Waals surface area contributed by atoms with Crippen molar-refractivity contribution < 1.29 is 9.53 Å². The molecular formula is C15H19ClN2O2. The fourth-order valence-corrected chi connectivity index (χ4v) is 3.24. The maximum atomic E-state index is 12.5. The highest BCUT2D eigenvalue weighted by Crippen LogP contribution is 2.32. The number of carbonyl (C=O) groups is 1. The van der Waals surface area contributed by atoms with Crippen molar-refractivity contribution in [1.29, 1.82) is 0 Å². The van der Waals surface area contributed by atoms with Gasteiger partial charge in [0.25, 0.3) is 5.91 Å². The maximum absolute atomic E-state index is 12.5. The van der Waals surface area contributed by atoms with E-state index in [0.29, 0.717) is 17.4 Å². The summed E-state index contributed by atoms with van der Waals surface area (Å²) in [6.45, 7) is 2.63. The lowest BCUT2D eigenvalue weighted by molar-refractivity contribution is -0.136. The Morgan fingerprint density at radius 2 is 2.40 bits per heavy atom. The molecule has 2 heterocycles. The van der Waals surface area contributed by atoms with Gasteiger partial charge >= 0.3 is 0 Å². The van der Waals surface area contributed by atoms with Gasteiger partial charge in [0.1, 0.15) is 5.75 Å². The first-order chi connectivity index (χ1) is 9.67. The van der Waals surface area contributed by atoms with Crippen LogP contribution >= 0.6 is 11.6 Å². The van der Waals surface area contributed by atoms with E-state index >= 15 is 0 Å². The van der Waals surface area contributed by atoms with Crippen LogP contribution in [-0.2, 0) is 11.2 Å². The van der Waals surface area contributed by atoms with E-state index in [1.54, 1.807) is 6.07 Å². The van der Waals surface area contributed by atoms with E-state index in [-0.39, 0.29) is 12.0 Å². The molecule has 0 spiro atoms. The predicted molar refractivity (Wildman–Crippen MR) is 78.2 cm³/mol. The minimum atomic E-state index is -0.378. The lowest BCUT2D eigenvalue weighted by Gasteiger charge is -2.20. The zero-order valence-corrected chi connectivity index (χ0v) is 12.3. The molecule has 0 bridgehead atoms. The molecule has 1 aromatic carbocycles. The molecule has 2 aliphatic heterocycles. The lowest BCUT2D eigenvalue weighted by Crippen LogP contribution is -2.40. The average molecular weight is 295 g/mol. The predicted octanol–water partition coefficient (Wildman–Crippen LogP) is 1.71. The van der Waals surface area contributed by atoms with Gasteiger partial charge in [0.2, 0.25) is 0 Å². The molecule has 5 heteroatoms. The molecule has 2 atom stereocenters. The maximum Gasteiger partial charge on any atom is 0.264 e. The molecule has 2 aliphatic rings. The third kappa shape index (κ3) is 2.63. The van der Waals surface area contributed by atoms with Gasteiger partial charge in [-0.3, -0.25) is 4.79 Å². The normalized spacial score (nSPS) is 24.6. The summed E-state index contributed by atoms with van der Waals surface area (Å²) in [6.07, 6.45) is 1.32. The highest BCUT2D eigenvalue weighted by Gasteiger charge is 2.35. The number of halogens is 1. The van der Waals surface area contributed by atoms with E-state index in [2.05, 4.69) is 5.32 Å². The second-order valence-electron chi connectivity index (χ2n) is 5.56. The quantitative estimate of drug-likeness (QED) is 0.923. The first-order valence-electron chi connectivity index (χ1n) is 7.06. The Labute approximate surface area is 124 Å². The van der Waals surface area contributed by atoms with Crippen LogP contribution < -0.4 is 10.1 Å². The first-order valence-corrected chi connectivity index (χ1v) is 7.43. The van der Waals surface area contributed by atoms with Gasteiger partial charge in [-0.2, -0.15) is 0 Å². The molecule has 4 nitrogen and oxygen atoms in total. The van der Waals surface area contributed by atoms with Crippen molar-refractivity contribution in [2.24, 2.45) is 5.92 Å². The van der Waals surface area contributed by atoms with Crippen LogP contribution in [0.3, 0.4) is 0 Å². The molecule has 1 N–H and O–H groups in total. The number of ether oxygens (including phenoxy) is 1. The highest BCUT2D eigenvalue weighted by molar-refractivity contribution is 6.30. The van der Waals surface area contributed by atoms with Gasteiger partial charge in [-0.05, 0) is 49.7 Å². The molecule has 1 fully saturated rings. The summed E-state index contributed by atoms with van der Waals surface area (Å²) in [6, 6.07) is 5.53. The SMILES string of the molecule is CNC[C@H]1CCN(C(=O)[C@H]2Cc3cc(Cl)ccc3O2)C1. The molecule has 0 unspecified atom stereocenters. The number of benzene rings is 1. The molecule has 108 valence electrons. The molecule has 1 saturated heterocycles. The smallest absolute Gasteiger partial charge is 0.264 e. The number of nitrogens with zero attached hydrogens (tertiary/aromatic N) is 1. The van der Waals surface area contributed by atoms with E-state index in [4.69, 9.17) is 16.3 Å². The molecule has 0 aromatic heterocycles. The van der Waals surface area contributed by atoms with Crippen molar-refractivity contribution in [3.8, 4) is 5.75 Å². The van der Waals surface area contributed by atoms with Gasteiger partial charge in [0, 0.05) is 24.5 Å². The van der Waals surface area contributed by atoms with E-state index in [1.165, 1.54) is 0 Å². The van der Waals surface area contributed by atoms with Gasteiger partial charge in [-0.25, -0.2) is 0 Å². The number of hydrogen-bond donors (Lipinski definition) is 1. The summed E-state index contributed by atoms with van der Waals surface area (Å²) >= 11 is 5.97. The number of likely N-dealkylation sites (tertiary alicyclic amines) is 1. The Morgan fingerprint density at radius 3 is 3.20 bits per heavy atom. The largest absolute Gasteiger partial charge is 0.480 e. The van der Waals surface area contributed by atoms with Crippen LogP contribution in [0.5, 0.6) is 5.75 Å². The number of hydrogen-bond acceptors (Lipinski definition) is 3. The van der Waals surface area contributed by atoms with Crippen molar-refractivity contribution in [2.45, 2.75) is 18.9 Å². The third-order valence-electron chi connectivity index (χ3n) is 4.06. The average Bonchev–Trinajstić information content (AvgIpc) is 3.04. The van der Waals surface area contributed by atoms with Crippen LogP contribution in [0.1, 0.15) is 12.0 Å². The van der Waals surface area contributed by atoms with Gasteiger partial charge in [-0.1, -0.05) is 11.6 Å². The van der Waals surface area contributed by atoms with Crippen LogP contribution in [0.15, 0.2) is 18.2 Å². The second kappa shape index (κ2) is 5.62. The molecule has 0 saturated carbocycles. The minimum Gasteiger partial charge on any atom is -0.480 e. The van der Waals surface area contributed by atoms with Gasteiger partial charge in [0.05, 0.1) is 0 Å². The summed E-state index contributed by atoms with van der Waals surface area (Å²) in [5.74, 6) is 1.46. The molecule has 3 rings (SSSR count). The Balaban J connectivity index is 1.63. The van der Waals surface area contributed by atoms with Crippen LogP contribution in [0.2, 0.25) is 5.02 Å². The molecule has 0 aliphatic carbocycles. The first kappa shape index (κ1) is 13.7. The molecule has 1 aromatic rings. The molecule has 1 amide bonds. The van der Waals surface area contributed by atoms with Gasteiger partial charge < -0.3 is 15.0 Å². The molecule has 0 radical (unpaired) electrons. The minimum absolute atomic E-state index is 0.107. The number of fused-ring (bicyclic) bond motifs is 1. The van der Waals surface area contributed by atoms with Crippen molar-refractivity contribution >= 4 is 17.5 Å². The fraction of sp³-hybridized carbons (Fsp3) is 0.533. The highest BCUT2D eigenvalue weighted by atomic mass is 35.5. The number of nitrogens with one attached hydrogen (secondary N) is 1. The van der Waals surface area contributed by atoms with Crippen LogP contribution in [0, 0.1) is 5.92 Å². The van der Waals surface area contributed by atoms with E-state index in [1.807, 2.05) is 24.1 Å². The standard InChI is InChI=1S/C15H19ClN2O2/c1-17-8-10-4-5-18(9-10)15(19)14-7-11-6-12(16)2-3-13(11)20-14/h2-3,6,10,14,17H,4-5,7-9H2,1H3/t10-,14-/m1/s1. The van der Waals surface area contributed by atoms with E-state index < -0.39 is 0 Å². The summed E-state index contributed by atoms with van der Waals surface area (Å²) in [5, 5.41) is 3.87. The van der Waals surface area contributed by atoms with Gasteiger partial charge in [0.15, 0.2) is 6.10 Å². The van der Waals surface area contributed by atoms with Crippen molar-refractivity contribution in [3.63, 3.8) is 0 Å². The van der Waals surface area contributed by atoms with Crippen LogP contribution in [-0.4, -0.2) is 43.6 Å². The Kier molecular flexibility index (Phi) is 3.85. The Hall–Kier alpha value is -1.26. The fourth-order valence-electron chi connectivity index (χ4n) is 3.05. The van der Waals surface area contributed by atoms with Crippen molar-refractivity contribution in [2.75, 3.05) is 26.7 Å². The summed E-state index contributed by atoms with van der Waals surface area (Å²) < 4.78 is 5.77. The second-order valence-corrected chi connectivity index (χ2v) is 6.00. The van der Waals surface area contributed by atoms with Crippen molar-refractivity contribution in [1.82, 2.24) is 10.2 Å². The molecular weight excluding hydrogens is 276 g/mol. The van der Waals surface area contributed by atoms with Crippen LogP contribution in [0.25, 0.3) is 0 Å². The number of amides is 1. The zero-order chi connectivity index (χ0) is 14.1. The van der Waals surface area contributed by atoms with Crippen LogP contribution in [0.4, 0.5) is 0 Å². The molecule has 20 heavy (non-hydrogen) atoms. The summed E-state index contributed by atoms with van der Waals surface area (Å²) in [5.41, 5.74) is 1.03. The zero-order valence-electron chi connectivity index (χ0n) is 11.6. The van der Waals surface area contributed by atoms with E-state index in [9.17, 15) is 4.79 Å². The Morgan fingerprint density at radius 1 is 1.55 bits per heavy atom.